The van der Waals surface area contributed by atoms with Gasteiger partial charge < -0.3 is 20.3 Å². The molecule has 0 aliphatic heterocycles. The third kappa shape index (κ3) is 9.78. The molecule has 0 amide bonds. The van der Waals surface area contributed by atoms with E-state index in [2.05, 4.69) is 30.4 Å². The molecule has 0 radical (unpaired) electrons. The van der Waals surface area contributed by atoms with Crippen molar-refractivity contribution in [1.29, 1.82) is 0 Å². The summed E-state index contributed by atoms with van der Waals surface area (Å²) in [6.45, 7) is 5.17. The molecule has 0 heterocycles. The molecule has 6 nitrogen and oxygen atoms in total. The van der Waals surface area contributed by atoms with Crippen molar-refractivity contribution in [2.45, 2.75) is 39.4 Å². The van der Waals surface area contributed by atoms with Gasteiger partial charge in [-0.1, -0.05) is 43.7 Å². The smallest absolute Gasteiger partial charge is 0.490 e. The van der Waals surface area contributed by atoms with Crippen molar-refractivity contribution in [3.63, 3.8) is 0 Å². The number of carboxylic acid groups (broad SMARTS) is 2. The van der Waals surface area contributed by atoms with E-state index in [-0.39, 0.29) is 0 Å². The first-order chi connectivity index (χ1) is 15.5. The summed E-state index contributed by atoms with van der Waals surface area (Å²) in [7, 11) is 1.93. The van der Waals surface area contributed by atoms with E-state index in [1.807, 2.05) is 31.3 Å². The van der Waals surface area contributed by atoms with Crippen molar-refractivity contribution < 1.29 is 37.7 Å². The molecular weight excluding hydrogens is 439 g/mol. The number of benzene rings is 2. The Morgan fingerprint density at radius 3 is 2.33 bits per heavy atom. The molecule has 2 rings (SSSR count). The number of halogens is 3. The second-order valence-electron chi connectivity index (χ2n) is 7.12. The van der Waals surface area contributed by atoms with Gasteiger partial charge in [0.25, 0.3) is 0 Å². The highest BCUT2D eigenvalue weighted by molar-refractivity contribution is 5.91. The molecule has 0 bridgehead atoms. The van der Waals surface area contributed by atoms with Crippen molar-refractivity contribution in [3.8, 4) is 16.9 Å². The molecule has 9 heteroatoms. The summed E-state index contributed by atoms with van der Waals surface area (Å²) in [5.41, 5.74) is 4.44. The molecule has 33 heavy (non-hydrogen) atoms. The molecule has 2 aromatic rings. The van der Waals surface area contributed by atoms with E-state index >= 15 is 0 Å². The lowest BCUT2D eigenvalue weighted by Gasteiger charge is -2.14. The van der Waals surface area contributed by atoms with E-state index in [1.54, 1.807) is 13.0 Å². The van der Waals surface area contributed by atoms with Gasteiger partial charge >= 0.3 is 18.1 Å². The van der Waals surface area contributed by atoms with E-state index in [0.717, 1.165) is 41.8 Å². The Morgan fingerprint density at radius 1 is 1.12 bits per heavy atom. The molecular formula is C24H28F3NO5. The Morgan fingerprint density at radius 2 is 1.79 bits per heavy atom. The molecule has 0 spiro atoms. The number of carboxylic acids is 2. The fraction of sp³-hybridized carbons (Fsp3) is 0.333. The van der Waals surface area contributed by atoms with E-state index in [9.17, 15) is 18.0 Å². The van der Waals surface area contributed by atoms with Crippen LogP contribution in [-0.4, -0.2) is 42.0 Å². The fourth-order valence-corrected chi connectivity index (χ4v) is 2.68. The Labute approximate surface area is 190 Å². The van der Waals surface area contributed by atoms with Gasteiger partial charge in [-0.25, -0.2) is 9.59 Å². The van der Waals surface area contributed by atoms with Crippen LogP contribution < -0.4 is 10.1 Å². The minimum absolute atomic E-state index is 0.299. The third-order valence-corrected chi connectivity index (χ3v) is 4.34. The summed E-state index contributed by atoms with van der Waals surface area (Å²) in [6.07, 6.45) is -1.38. The van der Waals surface area contributed by atoms with Crippen molar-refractivity contribution in [1.82, 2.24) is 5.32 Å². The number of nitrogens with one attached hydrogen (secondary N) is 1. The molecule has 0 fully saturated rings. The maximum absolute atomic E-state index is 11.1. The van der Waals surface area contributed by atoms with Gasteiger partial charge in [-0.05, 0) is 55.3 Å². The van der Waals surface area contributed by atoms with Crippen molar-refractivity contribution in [3.05, 3.63) is 59.2 Å². The summed E-state index contributed by atoms with van der Waals surface area (Å²) in [5, 5.41) is 19.4. The molecule has 3 N–H and O–H groups in total. The quantitative estimate of drug-likeness (QED) is 0.339. The van der Waals surface area contributed by atoms with E-state index in [1.165, 1.54) is 5.56 Å². The summed E-state index contributed by atoms with van der Waals surface area (Å²) in [5.74, 6) is -2.89. The van der Waals surface area contributed by atoms with E-state index in [4.69, 9.17) is 19.7 Å². The van der Waals surface area contributed by atoms with Crippen LogP contribution in [0.5, 0.6) is 5.75 Å². The second kappa shape index (κ2) is 13.3. The van der Waals surface area contributed by atoms with Crippen LogP contribution in [0.3, 0.4) is 0 Å². The van der Waals surface area contributed by atoms with E-state index in [0.29, 0.717) is 12.2 Å². The number of carbonyl (C=O) groups is 2. The van der Waals surface area contributed by atoms with Gasteiger partial charge in [-0.2, -0.15) is 13.2 Å². The Kier molecular flexibility index (Phi) is 11.1. The lowest BCUT2D eigenvalue weighted by molar-refractivity contribution is -0.192. The molecule has 180 valence electrons. The number of hydrogen-bond donors (Lipinski definition) is 3. The van der Waals surface area contributed by atoms with Gasteiger partial charge in [0.15, 0.2) is 0 Å². The average molecular weight is 467 g/mol. The second-order valence-corrected chi connectivity index (χ2v) is 7.12. The minimum atomic E-state index is -5.08. The normalized spacial score (nSPS) is 11.4. The summed E-state index contributed by atoms with van der Waals surface area (Å²) < 4.78 is 37.8. The number of rotatable bonds is 9. The van der Waals surface area contributed by atoms with Crippen LogP contribution in [0.2, 0.25) is 0 Å². The zero-order valence-electron chi connectivity index (χ0n) is 18.7. The van der Waals surface area contributed by atoms with Crippen molar-refractivity contribution in [2.24, 2.45) is 0 Å². The van der Waals surface area contributed by atoms with Crippen LogP contribution in [0.4, 0.5) is 13.2 Å². The van der Waals surface area contributed by atoms with E-state index < -0.39 is 18.1 Å². The molecule has 0 aromatic heterocycles. The largest absolute Gasteiger partial charge is 0.493 e. The minimum Gasteiger partial charge on any atom is -0.493 e. The van der Waals surface area contributed by atoms with Gasteiger partial charge in [0.1, 0.15) is 5.75 Å². The number of alkyl halides is 3. The molecule has 0 unspecified atom stereocenters. The predicted molar refractivity (Wildman–Crippen MR) is 120 cm³/mol. The van der Waals surface area contributed by atoms with Gasteiger partial charge in [0, 0.05) is 17.7 Å². The fourth-order valence-electron chi connectivity index (χ4n) is 2.68. The standard InChI is InChI=1S/C22H27NO3.C2HF3O2/c1-4-5-11-26-21-14-17(12-16(2)22(24)25)9-10-20(21)19-8-6-7-18(13-19)15-23-3;3-2(4,5)1(6)7/h6-10,12-14,23H,4-5,11,15H2,1-3H3,(H,24,25);(H,6,7). The maximum atomic E-state index is 11.1. The molecule has 0 saturated carbocycles. The zero-order valence-corrected chi connectivity index (χ0v) is 18.7. The lowest BCUT2D eigenvalue weighted by atomic mass is 9.99. The average Bonchev–Trinajstić information content (AvgIpc) is 2.74. The number of ether oxygens (including phenoxy) is 1. The first-order valence-electron chi connectivity index (χ1n) is 10.2. The Balaban J connectivity index is 0.000000675. The molecule has 0 saturated heterocycles. The number of unbranched alkanes of at least 4 members (excludes halogenated alkanes) is 1. The van der Waals surface area contributed by atoms with Crippen LogP contribution in [0, 0.1) is 0 Å². The highest BCUT2D eigenvalue weighted by Gasteiger charge is 2.38. The lowest BCUT2D eigenvalue weighted by Crippen LogP contribution is -2.21. The molecule has 0 atom stereocenters. The first kappa shape index (κ1) is 27.7. The summed E-state index contributed by atoms with van der Waals surface area (Å²) in [4.78, 5) is 20.0. The summed E-state index contributed by atoms with van der Waals surface area (Å²) in [6, 6.07) is 14.2. The third-order valence-electron chi connectivity index (χ3n) is 4.34. The van der Waals surface area contributed by atoms with Crippen molar-refractivity contribution >= 4 is 18.0 Å². The van der Waals surface area contributed by atoms with Crippen LogP contribution in [0.1, 0.15) is 37.8 Å². The predicted octanol–water partition coefficient (Wildman–Crippen LogP) is 5.37. The Hall–Kier alpha value is -3.33. The van der Waals surface area contributed by atoms with Gasteiger partial charge in [-0.3, -0.25) is 0 Å². The molecule has 0 aliphatic rings. The van der Waals surface area contributed by atoms with Gasteiger partial charge in [-0.15, -0.1) is 0 Å². The number of aliphatic carboxylic acids is 2. The summed E-state index contributed by atoms with van der Waals surface area (Å²) >= 11 is 0. The highest BCUT2D eigenvalue weighted by atomic mass is 19.4. The molecule has 0 aliphatic carbocycles. The number of hydrogen-bond acceptors (Lipinski definition) is 4. The topological polar surface area (TPSA) is 95.9 Å². The van der Waals surface area contributed by atoms with Gasteiger partial charge in [0.05, 0.1) is 6.61 Å². The SMILES string of the molecule is CCCCOc1cc(C=C(C)C(=O)O)ccc1-c1cccc(CNC)c1.O=C(O)C(F)(F)F. The van der Waals surface area contributed by atoms with Crippen LogP contribution in [0.15, 0.2) is 48.0 Å². The van der Waals surface area contributed by atoms with Crippen molar-refractivity contribution in [2.75, 3.05) is 13.7 Å². The first-order valence-corrected chi connectivity index (χ1v) is 10.2. The molecule has 2 aromatic carbocycles. The van der Waals surface area contributed by atoms with Gasteiger partial charge in [0.2, 0.25) is 0 Å². The van der Waals surface area contributed by atoms with Crippen LogP contribution in [0.25, 0.3) is 17.2 Å². The monoisotopic (exact) mass is 467 g/mol. The van der Waals surface area contributed by atoms with Crippen LogP contribution in [-0.2, 0) is 16.1 Å². The zero-order chi connectivity index (χ0) is 25.0. The highest BCUT2D eigenvalue weighted by Crippen LogP contribution is 2.32. The van der Waals surface area contributed by atoms with Crippen LogP contribution >= 0.6 is 0 Å². The maximum Gasteiger partial charge on any atom is 0.490 e. The Bertz CT molecular complexity index is 971.